The Kier molecular flexibility index (Phi) is 6.90. The van der Waals surface area contributed by atoms with E-state index in [-0.39, 0.29) is 16.7 Å². The van der Waals surface area contributed by atoms with Crippen molar-refractivity contribution >= 4 is 21.7 Å². The first kappa shape index (κ1) is 21.0. The van der Waals surface area contributed by atoms with E-state index in [2.05, 4.69) is 24.1 Å². The van der Waals surface area contributed by atoms with Crippen molar-refractivity contribution in [2.45, 2.75) is 31.6 Å². The SMILES string of the molecule is CC(C)CNC(=O)C1CCN(c2ncccc2S(=O)(=O)N2CCOCC2)CC1. The number of carbonyl (C=O) groups is 1. The molecule has 0 saturated carbocycles. The van der Waals surface area contributed by atoms with Gasteiger partial charge in [0.15, 0.2) is 0 Å². The highest BCUT2D eigenvalue weighted by Crippen LogP contribution is 2.29. The Morgan fingerprint density at radius 2 is 1.93 bits per heavy atom. The van der Waals surface area contributed by atoms with Crippen LogP contribution >= 0.6 is 0 Å². The van der Waals surface area contributed by atoms with E-state index >= 15 is 0 Å². The molecule has 3 rings (SSSR count). The maximum Gasteiger partial charge on any atom is 0.246 e. The summed E-state index contributed by atoms with van der Waals surface area (Å²) in [6, 6.07) is 3.28. The van der Waals surface area contributed by atoms with Gasteiger partial charge in [0.1, 0.15) is 10.7 Å². The van der Waals surface area contributed by atoms with Crippen LogP contribution in [-0.4, -0.2) is 69.6 Å². The van der Waals surface area contributed by atoms with E-state index in [0.717, 1.165) is 0 Å². The molecule has 2 aliphatic heterocycles. The van der Waals surface area contributed by atoms with Crippen molar-refractivity contribution in [3.63, 3.8) is 0 Å². The fraction of sp³-hybridized carbons (Fsp3) is 0.684. The standard InChI is InChI=1S/C19H30N4O4S/c1-15(2)14-21-19(24)16-5-8-22(9-6-16)18-17(4-3-7-20-18)28(25,26)23-10-12-27-13-11-23/h3-4,7,15-16H,5-6,8-14H2,1-2H3,(H,21,24). The molecular weight excluding hydrogens is 380 g/mol. The van der Waals surface area contributed by atoms with Crippen LogP contribution in [0.15, 0.2) is 23.2 Å². The maximum absolute atomic E-state index is 13.1. The lowest BCUT2D eigenvalue weighted by Gasteiger charge is -2.34. The number of rotatable bonds is 6. The van der Waals surface area contributed by atoms with E-state index in [1.165, 1.54) is 4.31 Å². The van der Waals surface area contributed by atoms with E-state index in [0.29, 0.717) is 70.5 Å². The number of pyridine rings is 1. The molecule has 0 aliphatic carbocycles. The third-order valence-electron chi connectivity index (χ3n) is 5.19. The highest BCUT2D eigenvalue weighted by Gasteiger charge is 2.32. The lowest BCUT2D eigenvalue weighted by Crippen LogP contribution is -2.43. The summed E-state index contributed by atoms with van der Waals surface area (Å²) in [5, 5.41) is 3.00. The Bertz CT molecular complexity index is 770. The topological polar surface area (TPSA) is 91.8 Å². The number of anilines is 1. The molecule has 1 amide bonds. The molecule has 0 radical (unpaired) electrons. The number of nitrogens with one attached hydrogen (secondary N) is 1. The maximum atomic E-state index is 13.1. The second kappa shape index (κ2) is 9.19. The van der Waals surface area contributed by atoms with Crippen LogP contribution in [0, 0.1) is 11.8 Å². The van der Waals surface area contributed by atoms with Gasteiger partial charge in [-0.3, -0.25) is 4.79 Å². The largest absolute Gasteiger partial charge is 0.379 e. The normalized spacial score (nSPS) is 19.8. The molecule has 3 heterocycles. The molecule has 2 fully saturated rings. The number of aromatic nitrogens is 1. The summed E-state index contributed by atoms with van der Waals surface area (Å²) in [4.78, 5) is 18.9. The van der Waals surface area contributed by atoms with Gasteiger partial charge in [-0.25, -0.2) is 13.4 Å². The number of hydrogen-bond acceptors (Lipinski definition) is 6. The first-order valence-electron chi connectivity index (χ1n) is 9.95. The summed E-state index contributed by atoms with van der Waals surface area (Å²) < 4.78 is 33.0. The number of ether oxygens (including phenoxy) is 1. The molecule has 1 N–H and O–H groups in total. The van der Waals surface area contributed by atoms with Gasteiger partial charge in [-0.1, -0.05) is 13.8 Å². The molecule has 0 spiro atoms. The van der Waals surface area contributed by atoms with Gasteiger partial charge in [-0.05, 0) is 30.9 Å². The Balaban J connectivity index is 1.70. The molecule has 1 aromatic rings. The van der Waals surface area contributed by atoms with Crippen LogP contribution in [0.3, 0.4) is 0 Å². The predicted octanol–water partition coefficient (Wildman–Crippen LogP) is 1.09. The highest BCUT2D eigenvalue weighted by atomic mass is 32.2. The minimum Gasteiger partial charge on any atom is -0.379 e. The van der Waals surface area contributed by atoms with Crippen LogP contribution in [-0.2, 0) is 19.6 Å². The first-order valence-corrected chi connectivity index (χ1v) is 11.4. The average Bonchev–Trinajstić information content (AvgIpc) is 2.72. The Morgan fingerprint density at radius 3 is 2.57 bits per heavy atom. The van der Waals surface area contributed by atoms with Gasteiger partial charge >= 0.3 is 0 Å². The zero-order chi connectivity index (χ0) is 20.1. The van der Waals surface area contributed by atoms with Gasteiger partial charge in [0, 0.05) is 44.8 Å². The first-order chi connectivity index (χ1) is 13.4. The van der Waals surface area contributed by atoms with Crippen molar-refractivity contribution in [1.29, 1.82) is 0 Å². The Hall–Kier alpha value is -1.71. The summed E-state index contributed by atoms with van der Waals surface area (Å²) in [7, 11) is -3.62. The Morgan fingerprint density at radius 1 is 1.25 bits per heavy atom. The number of morpholine rings is 1. The summed E-state index contributed by atoms with van der Waals surface area (Å²) in [5.41, 5.74) is 0. The number of sulfonamides is 1. The van der Waals surface area contributed by atoms with E-state index in [1.54, 1.807) is 18.3 Å². The lowest BCUT2D eigenvalue weighted by molar-refractivity contribution is -0.125. The lowest BCUT2D eigenvalue weighted by atomic mass is 9.95. The van der Waals surface area contributed by atoms with Crippen LogP contribution in [0.1, 0.15) is 26.7 Å². The summed E-state index contributed by atoms with van der Waals surface area (Å²) >= 11 is 0. The molecular formula is C19H30N4O4S. The van der Waals surface area contributed by atoms with Gasteiger partial charge < -0.3 is 15.0 Å². The molecule has 9 heteroatoms. The van der Waals surface area contributed by atoms with E-state index in [4.69, 9.17) is 4.74 Å². The molecule has 1 aromatic heterocycles. The summed E-state index contributed by atoms with van der Waals surface area (Å²) in [6.07, 6.45) is 3.00. The number of hydrogen-bond donors (Lipinski definition) is 1. The van der Waals surface area contributed by atoms with Gasteiger partial charge in [0.25, 0.3) is 0 Å². The number of nitrogens with zero attached hydrogens (tertiary/aromatic N) is 3. The predicted molar refractivity (Wildman–Crippen MR) is 107 cm³/mol. The average molecular weight is 411 g/mol. The highest BCUT2D eigenvalue weighted by molar-refractivity contribution is 7.89. The molecule has 28 heavy (non-hydrogen) atoms. The van der Waals surface area contributed by atoms with Crippen LogP contribution in [0.2, 0.25) is 0 Å². The fourth-order valence-electron chi connectivity index (χ4n) is 3.55. The minimum atomic E-state index is -3.62. The van der Waals surface area contributed by atoms with Gasteiger partial charge in [-0.15, -0.1) is 0 Å². The van der Waals surface area contributed by atoms with Crippen LogP contribution < -0.4 is 10.2 Å². The minimum absolute atomic E-state index is 0.0296. The molecule has 0 bridgehead atoms. The van der Waals surface area contributed by atoms with Gasteiger partial charge in [0.2, 0.25) is 15.9 Å². The van der Waals surface area contributed by atoms with Crippen molar-refractivity contribution in [1.82, 2.24) is 14.6 Å². The molecule has 8 nitrogen and oxygen atoms in total. The zero-order valence-corrected chi connectivity index (χ0v) is 17.5. The molecule has 0 unspecified atom stereocenters. The molecule has 2 saturated heterocycles. The van der Waals surface area contributed by atoms with E-state index in [1.807, 2.05) is 4.90 Å². The summed E-state index contributed by atoms with van der Waals surface area (Å²) in [6.45, 7) is 7.58. The van der Waals surface area contributed by atoms with E-state index < -0.39 is 10.0 Å². The van der Waals surface area contributed by atoms with Crippen molar-refractivity contribution < 1.29 is 17.9 Å². The summed E-state index contributed by atoms with van der Waals surface area (Å²) in [5.74, 6) is 0.967. The molecule has 0 atom stereocenters. The number of carbonyl (C=O) groups excluding carboxylic acids is 1. The number of amides is 1. The van der Waals surface area contributed by atoms with Gasteiger partial charge in [-0.2, -0.15) is 4.31 Å². The van der Waals surface area contributed by atoms with Crippen LogP contribution in [0.25, 0.3) is 0 Å². The van der Waals surface area contributed by atoms with Crippen molar-refractivity contribution in [3.05, 3.63) is 18.3 Å². The third-order valence-corrected chi connectivity index (χ3v) is 7.11. The van der Waals surface area contributed by atoms with Crippen molar-refractivity contribution in [2.75, 3.05) is 50.8 Å². The number of piperidine rings is 1. The smallest absolute Gasteiger partial charge is 0.246 e. The molecule has 2 aliphatic rings. The van der Waals surface area contributed by atoms with Crippen LogP contribution in [0.4, 0.5) is 5.82 Å². The fourth-order valence-corrected chi connectivity index (χ4v) is 5.12. The van der Waals surface area contributed by atoms with Crippen molar-refractivity contribution in [3.8, 4) is 0 Å². The Labute approximate surface area is 167 Å². The second-order valence-electron chi connectivity index (χ2n) is 7.74. The zero-order valence-electron chi connectivity index (χ0n) is 16.6. The van der Waals surface area contributed by atoms with E-state index in [9.17, 15) is 13.2 Å². The molecule has 0 aromatic carbocycles. The van der Waals surface area contributed by atoms with Gasteiger partial charge in [0.05, 0.1) is 13.2 Å². The second-order valence-corrected chi connectivity index (χ2v) is 9.65. The molecule has 156 valence electrons. The van der Waals surface area contributed by atoms with Crippen LogP contribution in [0.5, 0.6) is 0 Å². The third kappa shape index (κ3) is 4.82. The monoisotopic (exact) mass is 410 g/mol. The quantitative estimate of drug-likeness (QED) is 0.755. The van der Waals surface area contributed by atoms with Crippen molar-refractivity contribution in [2.24, 2.45) is 11.8 Å².